The second-order valence-electron chi connectivity index (χ2n) is 5.44. The molecule has 128 valence electrons. The van der Waals surface area contributed by atoms with Crippen LogP contribution in [-0.4, -0.2) is 32.7 Å². The molecular formula is C17H19BrN2O3S. The standard InChI is InChI=1S/C17H19BrN2O3S/c1-4-12-6-5-7-13(10-12)19-17(21)15-11-14(8-9-16(15)18)24(22,23)20(2)3/h5-11H,4H2,1-3H3,(H,19,21). The van der Waals surface area contributed by atoms with E-state index in [1.165, 1.54) is 26.2 Å². The van der Waals surface area contributed by atoms with Gasteiger partial charge in [-0.15, -0.1) is 0 Å². The Balaban J connectivity index is 2.35. The van der Waals surface area contributed by atoms with Crippen molar-refractivity contribution < 1.29 is 13.2 Å². The van der Waals surface area contributed by atoms with E-state index in [0.717, 1.165) is 16.3 Å². The molecular weight excluding hydrogens is 392 g/mol. The van der Waals surface area contributed by atoms with Crippen molar-refractivity contribution in [1.29, 1.82) is 0 Å². The predicted octanol–water partition coefficient (Wildman–Crippen LogP) is 3.51. The van der Waals surface area contributed by atoms with Crippen LogP contribution in [0.5, 0.6) is 0 Å². The number of halogens is 1. The number of nitrogens with one attached hydrogen (secondary N) is 1. The van der Waals surface area contributed by atoms with E-state index in [4.69, 9.17) is 0 Å². The molecule has 0 saturated heterocycles. The van der Waals surface area contributed by atoms with E-state index in [9.17, 15) is 13.2 Å². The molecule has 0 atom stereocenters. The summed E-state index contributed by atoms with van der Waals surface area (Å²) < 4.78 is 26.1. The summed E-state index contributed by atoms with van der Waals surface area (Å²) in [6.07, 6.45) is 0.865. The van der Waals surface area contributed by atoms with Crippen LogP contribution in [0, 0.1) is 0 Å². The van der Waals surface area contributed by atoms with Gasteiger partial charge in [0.15, 0.2) is 0 Å². The zero-order chi connectivity index (χ0) is 17.9. The van der Waals surface area contributed by atoms with Gasteiger partial charge in [0.2, 0.25) is 10.0 Å². The van der Waals surface area contributed by atoms with Crippen LogP contribution >= 0.6 is 15.9 Å². The molecule has 0 radical (unpaired) electrons. The van der Waals surface area contributed by atoms with Crippen molar-refractivity contribution in [3.8, 4) is 0 Å². The van der Waals surface area contributed by atoms with Crippen LogP contribution in [0.1, 0.15) is 22.8 Å². The quantitative estimate of drug-likeness (QED) is 0.819. The summed E-state index contributed by atoms with van der Waals surface area (Å²) in [5.41, 5.74) is 2.04. The van der Waals surface area contributed by atoms with E-state index in [-0.39, 0.29) is 16.4 Å². The number of amides is 1. The highest BCUT2D eigenvalue weighted by Crippen LogP contribution is 2.24. The summed E-state index contributed by atoms with van der Waals surface area (Å²) >= 11 is 3.31. The molecule has 0 aliphatic rings. The second-order valence-corrected chi connectivity index (χ2v) is 8.44. The fourth-order valence-electron chi connectivity index (χ4n) is 2.12. The van der Waals surface area contributed by atoms with Gasteiger partial charge >= 0.3 is 0 Å². The number of nitrogens with zero attached hydrogens (tertiary/aromatic N) is 1. The molecule has 0 aliphatic carbocycles. The number of hydrogen-bond donors (Lipinski definition) is 1. The molecule has 0 heterocycles. The van der Waals surface area contributed by atoms with Crippen LogP contribution in [-0.2, 0) is 16.4 Å². The number of carbonyl (C=O) groups is 1. The molecule has 1 amide bonds. The lowest BCUT2D eigenvalue weighted by atomic mass is 10.1. The molecule has 2 rings (SSSR count). The maximum absolute atomic E-state index is 12.5. The van der Waals surface area contributed by atoms with Gasteiger partial charge in [-0.1, -0.05) is 19.1 Å². The monoisotopic (exact) mass is 410 g/mol. The minimum absolute atomic E-state index is 0.0724. The molecule has 5 nitrogen and oxygen atoms in total. The fraction of sp³-hybridized carbons (Fsp3) is 0.235. The smallest absolute Gasteiger partial charge is 0.256 e. The molecule has 0 bridgehead atoms. The van der Waals surface area contributed by atoms with Crippen LogP contribution in [0.3, 0.4) is 0 Å². The third-order valence-electron chi connectivity index (χ3n) is 3.55. The van der Waals surface area contributed by atoms with E-state index < -0.39 is 10.0 Å². The Labute approximate surface area is 150 Å². The van der Waals surface area contributed by atoms with Gasteiger partial charge in [-0.05, 0) is 58.2 Å². The maximum atomic E-state index is 12.5. The number of sulfonamides is 1. The van der Waals surface area contributed by atoms with Gasteiger partial charge in [0.05, 0.1) is 10.5 Å². The first-order chi connectivity index (χ1) is 11.3. The second kappa shape index (κ2) is 7.46. The first kappa shape index (κ1) is 18.6. The number of hydrogen-bond acceptors (Lipinski definition) is 3. The minimum atomic E-state index is -3.60. The van der Waals surface area contributed by atoms with Crippen molar-refractivity contribution in [3.05, 3.63) is 58.1 Å². The van der Waals surface area contributed by atoms with Crippen molar-refractivity contribution in [1.82, 2.24) is 4.31 Å². The van der Waals surface area contributed by atoms with Gasteiger partial charge in [-0.3, -0.25) is 4.79 Å². The zero-order valence-corrected chi connectivity index (χ0v) is 16.1. The molecule has 0 fully saturated rings. The van der Waals surface area contributed by atoms with Crippen molar-refractivity contribution in [3.63, 3.8) is 0 Å². The fourth-order valence-corrected chi connectivity index (χ4v) is 3.47. The van der Waals surface area contributed by atoms with Gasteiger partial charge in [0, 0.05) is 24.3 Å². The van der Waals surface area contributed by atoms with Gasteiger partial charge < -0.3 is 5.32 Å². The Hall–Kier alpha value is -1.70. The highest BCUT2D eigenvalue weighted by atomic mass is 79.9. The lowest BCUT2D eigenvalue weighted by Gasteiger charge is -2.13. The summed E-state index contributed by atoms with van der Waals surface area (Å²) in [6, 6.07) is 11.9. The topological polar surface area (TPSA) is 66.5 Å². The Bertz CT molecular complexity index is 864. The largest absolute Gasteiger partial charge is 0.322 e. The molecule has 2 aromatic carbocycles. The average Bonchev–Trinajstić information content (AvgIpc) is 2.54. The molecule has 2 aromatic rings. The van der Waals surface area contributed by atoms with Crippen LogP contribution in [0.2, 0.25) is 0 Å². The SMILES string of the molecule is CCc1cccc(NC(=O)c2cc(S(=O)(=O)N(C)C)ccc2Br)c1. The molecule has 0 unspecified atom stereocenters. The van der Waals surface area contributed by atoms with Crippen LogP contribution in [0.25, 0.3) is 0 Å². The van der Waals surface area contributed by atoms with Crippen molar-refractivity contribution in [2.45, 2.75) is 18.2 Å². The normalized spacial score (nSPS) is 11.5. The first-order valence-electron chi connectivity index (χ1n) is 7.38. The lowest BCUT2D eigenvalue weighted by molar-refractivity contribution is 0.102. The highest BCUT2D eigenvalue weighted by Gasteiger charge is 2.20. The molecule has 0 spiro atoms. The number of carbonyl (C=O) groups excluding carboxylic acids is 1. The number of rotatable bonds is 5. The molecule has 7 heteroatoms. The van der Waals surface area contributed by atoms with Gasteiger partial charge in [0.25, 0.3) is 5.91 Å². The van der Waals surface area contributed by atoms with Crippen molar-refractivity contribution >= 4 is 37.5 Å². The van der Waals surface area contributed by atoms with E-state index in [2.05, 4.69) is 21.2 Å². The molecule has 1 N–H and O–H groups in total. The third-order valence-corrected chi connectivity index (χ3v) is 6.06. The van der Waals surface area contributed by atoms with E-state index >= 15 is 0 Å². The Morgan fingerprint density at radius 3 is 2.50 bits per heavy atom. The Morgan fingerprint density at radius 1 is 1.17 bits per heavy atom. The lowest BCUT2D eigenvalue weighted by Crippen LogP contribution is -2.23. The van der Waals surface area contributed by atoms with Crippen molar-refractivity contribution in [2.75, 3.05) is 19.4 Å². The molecule has 0 aliphatic heterocycles. The van der Waals surface area contributed by atoms with E-state index in [1.807, 2.05) is 25.1 Å². The van der Waals surface area contributed by atoms with E-state index in [0.29, 0.717) is 10.2 Å². The number of aryl methyl sites for hydroxylation is 1. The molecule has 0 aromatic heterocycles. The minimum Gasteiger partial charge on any atom is -0.322 e. The summed E-state index contributed by atoms with van der Waals surface area (Å²) in [6.45, 7) is 2.03. The summed E-state index contributed by atoms with van der Waals surface area (Å²) in [7, 11) is -0.697. The number of benzene rings is 2. The Morgan fingerprint density at radius 2 is 1.88 bits per heavy atom. The predicted molar refractivity (Wildman–Crippen MR) is 98.8 cm³/mol. The maximum Gasteiger partial charge on any atom is 0.256 e. The Kier molecular flexibility index (Phi) is 5.79. The summed E-state index contributed by atoms with van der Waals surface area (Å²) in [5, 5.41) is 2.80. The van der Waals surface area contributed by atoms with Gasteiger partial charge in [-0.25, -0.2) is 12.7 Å². The summed E-state index contributed by atoms with van der Waals surface area (Å²) in [5.74, 6) is -0.370. The van der Waals surface area contributed by atoms with Crippen LogP contribution in [0.15, 0.2) is 51.8 Å². The third kappa shape index (κ3) is 4.03. The summed E-state index contributed by atoms with van der Waals surface area (Å²) in [4.78, 5) is 12.6. The van der Waals surface area contributed by atoms with Gasteiger partial charge in [-0.2, -0.15) is 0 Å². The zero-order valence-electron chi connectivity index (χ0n) is 13.7. The van der Waals surface area contributed by atoms with E-state index in [1.54, 1.807) is 12.1 Å². The van der Waals surface area contributed by atoms with Crippen LogP contribution in [0.4, 0.5) is 5.69 Å². The highest BCUT2D eigenvalue weighted by molar-refractivity contribution is 9.10. The van der Waals surface area contributed by atoms with Gasteiger partial charge in [0.1, 0.15) is 0 Å². The molecule has 24 heavy (non-hydrogen) atoms. The van der Waals surface area contributed by atoms with Crippen molar-refractivity contribution in [2.24, 2.45) is 0 Å². The molecule has 0 saturated carbocycles. The number of anilines is 1. The van der Waals surface area contributed by atoms with Crippen LogP contribution < -0.4 is 5.32 Å². The average molecular weight is 411 g/mol. The first-order valence-corrected chi connectivity index (χ1v) is 9.61.